The lowest BCUT2D eigenvalue weighted by molar-refractivity contribution is -0.191. The maximum absolute atomic E-state index is 15.2. The molecule has 4 unspecified atom stereocenters. The molecule has 0 aromatic carbocycles. The van der Waals surface area contributed by atoms with Crippen molar-refractivity contribution in [3.63, 3.8) is 0 Å². The van der Waals surface area contributed by atoms with Gasteiger partial charge in [0.25, 0.3) is 0 Å². The number of Topliss-reactive ketones (excluding diaryl/α,β-unsaturated/α-hetero) is 1. The summed E-state index contributed by atoms with van der Waals surface area (Å²) >= 11 is 0. The third kappa shape index (κ3) is 23.9. The van der Waals surface area contributed by atoms with Crippen molar-refractivity contribution in [3.8, 4) is 0 Å². The molecule has 0 aromatic heterocycles. The number of rotatable bonds is 32. The van der Waals surface area contributed by atoms with Gasteiger partial charge in [-0.3, -0.25) is 38.4 Å². The summed E-state index contributed by atoms with van der Waals surface area (Å²) in [6, 6.07) is 0. The van der Waals surface area contributed by atoms with E-state index in [0.717, 1.165) is 0 Å². The van der Waals surface area contributed by atoms with E-state index in [4.69, 9.17) is 56.1 Å². The Bertz CT molecular complexity index is 2370. The molecule has 4 atom stereocenters. The van der Waals surface area contributed by atoms with E-state index in [-0.39, 0.29) is 31.5 Å². The molecular weight excluding hydrogens is 1170 g/mol. The normalized spacial score (nSPS) is 16.4. The molecule has 19 heteroatoms. The van der Waals surface area contributed by atoms with Crippen LogP contribution in [0.3, 0.4) is 0 Å². The second-order valence-corrected chi connectivity index (χ2v) is 38.4. The second-order valence-electron chi connectivity index (χ2n) is 38.4. The van der Waals surface area contributed by atoms with Crippen molar-refractivity contribution in [1.82, 2.24) is 0 Å². The van der Waals surface area contributed by atoms with Crippen LogP contribution in [0.2, 0.25) is 0 Å². The van der Waals surface area contributed by atoms with Crippen LogP contribution in [-0.2, 0) is 71.5 Å². The van der Waals surface area contributed by atoms with Gasteiger partial charge in [0.05, 0.1) is 39.4 Å². The average Bonchev–Trinajstić information content (AvgIpc) is 0.794. The largest absolute Gasteiger partial charge is 0.464 e. The van der Waals surface area contributed by atoms with E-state index in [0.29, 0.717) is 0 Å². The Labute approximate surface area is 557 Å². The molecule has 0 amide bonds. The quantitative estimate of drug-likeness (QED) is 0.0359. The zero-order chi connectivity index (χ0) is 74.0. The van der Waals surface area contributed by atoms with Gasteiger partial charge in [0.2, 0.25) is 0 Å². The molecule has 0 fully saturated rings. The number of carbonyl (C=O) groups excluding carboxylic acids is 8. The molecule has 0 saturated heterocycles. The van der Waals surface area contributed by atoms with Gasteiger partial charge in [0.1, 0.15) is 54.4 Å². The lowest BCUT2D eigenvalue weighted by Crippen LogP contribution is -2.54. The number of ketones is 1. The summed E-state index contributed by atoms with van der Waals surface area (Å²) in [6.45, 7) is 60.5. The molecule has 0 bridgehead atoms. The SMILES string of the molecule is CC(C)(C)OC(=O)C(CC(C)(C)C(C)(C)C(=O)OCC(COC(=O)C(C)(C)C(C)(C)CC(C(=O)OC(C)(C)C)C(C)(C)N)(COC(=O)C(C)(C)C(C)(C)CC(C(=O)OC(C)(C)C)C(C)(C)N)COC(=O)C(C)(C)C(C)(C)CC(C(=O)C(C)(C)C)C(C)(C)N)C(C)(C)N. The number of nitrogens with two attached hydrogens (primary N) is 4. The highest BCUT2D eigenvalue weighted by atomic mass is 16.6. The number of carbonyl (C=O) groups is 8. The summed E-state index contributed by atoms with van der Waals surface area (Å²) in [7, 11) is 0. The second kappa shape index (κ2) is 28.9. The van der Waals surface area contributed by atoms with Crippen LogP contribution >= 0.6 is 0 Å². The smallest absolute Gasteiger partial charge is 0.312 e. The minimum Gasteiger partial charge on any atom is -0.464 e. The number of hydrogen-bond acceptors (Lipinski definition) is 19. The van der Waals surface area contributed by atoms with Gasteiger partial charge in [0, 0.05) is 33.5 Å². The van der Waals surface area contributed by atoms with Gasteiger partial charge in [0.15, 0.2) is 0 Å². The zero-order valence-corrected chi connectivity index (χ0v) is 64.9. The summed E-state index contributed by atoms with van der Waals surface area (Å²) in [6.07, 6.45) is 0.390. The zero-order valence-electron chi connectivity index (χ0n) is 64.9. The Hall–Kier alpha value is -4.20. The van der Waals surface area contributed by atoms with E-state index in [1.165, 1.54) is 0 Å². The minimum absolute atomic E-state index is 0.0713. The van der Waals surface area contributed by atoms with Crippen LogP contribution in [0, 0.1) is 77.8 Å². The Balaban J connectivity index is 8.75. The standard InChI is InChI=1S/C73H136N4O15/c1-57(2,3)49(78)45(69(29,30)74)37-61(13,14)65(21,22)53(82)86-41-73(42-87-54(83)66(23,24)62(15,16)38-46(70(31,32)75)50(79)90-58(4,5)6,43-88-55(84)67(25,26)63(17,18)39-47(71(33,34)76)51(80)91-59(7,8)9)44-89-56(85)68(27,28)64(19,20)40-48(72(35,36)77)52(81)92-60(10,11)12/h45-48H,37-44,74-77H2,1-36H3. The highest BCUT2D eigenvalue weighted by Gasteiger charge is 2.56. The molecule has 0 aliphatic rings. The molecule has 0 heterocycles. The summed E-state index contributed by atoms with van der Waals surface area (Å²) < 4.78 is 43.3. The maximum Gasteiger partial charge on any atom is 0.312 e. The third-order valence-corrected chi connectivity index (χ3v) is 20.4. The van der Waals surface area contributed by atoms with Gasteiger partial charge < -0.3 is 56.1 Å². The first-order valence-electron chi connectivity index (χ1n) is 33.0. The lowest BCUT2D eigenvalue weighted by Gasteiger charge is -2.46. The van der Waals surface area contributed by atoms with Crippen LogP contribution < -0.4 is 22.9 Å². The molecule has 92 heavy (non-hydrogen) atoms. The van der Waals surface area contributed by atoms with E-state index < -0.39 is 185 Å². The van der Waals surface area contributed by atoms with Gasteiger partial charge >= 0.3 is 41.8 Å². The van der Waals surface area contributed by atoms with E-state index >= 15 is 19.2 Å². The Kier molecular flexibility index (Phi) is 27.5. The molecule has 0 saturated carbocycles. The van der Waals surface area contributed by atoms with Crippen molar-refractivity contribution in [2.24, 2.45) is 101 Å². The fourth-order valence-electron chi connectivity index (χ4n) is 10.3. The van der Waals surface area contributed by atoms with Crippen LogP contribution in [0.4, 0.5) is 0 Å². The molecule has 0 radical (unpaired) electrons. The van der Waals surface area contributed by atoms with Gasteiger partial charge in [-0.1, -0.05) is 76.2 Å². The molecule has 0 aliphatic heterocycles. The van der Waals surface area contributed by atoms with E-state index in [1.807, 2.05) is 76.2 Å². The van der Waals surface area contributed by atoms with Crippen molar-refractivity contribution in [2.45, 2.75) is 314 Å². The summed E-state index contributed by atoms with van der Waals surface area (Å²) in [5, 5.41) is 0. The average molecular weight is 1310 g/mol. The molecule has 0 spiro atoms. The summed E-state index contributed by atoms with van der Waals surface area (Å²) in [5.41, 5.74) is 7.61. The number of esters is 7. The van der Waals surface area contributed by atoms with Gasteiger partial charge in [-0.2, -0.15) is 0 Å². The van der Waals surface area contributed by atoms with Crippen LogP contribution in [0.15, 0.2) is 0 Å². The van der Waals surface area contributed by atoms with Gasteiger partial charge in [-0.05, 0) is 220 Å². The molecular formula is C73H136N4O15. The van der Waals surface area contributed by atoms with E-state index in [9.17, 15) is 19.2 Å². The van der Waals surface area contributed by atoms with Crippen molar-refractivity contribution >= 4 is 47.6 Å². The Morgan fingerprint density at radius 1 is 0.272 bits per heavy atom. The predicted octanol–water partition coefficient (Wildman–Crippen LogP) is 13.0. The summed E-state index contributed by atoms with van der Waals surface area (Å²) in [5.74, 6) is -8.15. The summed E-state index contributed by atoms with van der Waals surface area (Å²) in [4.78, 5) is 117. The fourth-order valence-corrected chi connectivity index (χ4v) is 10.3. The highest BCUT2D eigenvalue weighted by molar-refractivity contribution is 5.87. The molecule has 0 rings (SSSR count). The number of hydrogen-bond donors (Lipinski definition) is 4. The Morgan fingerprint density at radius 3 is 0.576 bits per heavy atom. The van der Waals surface area contributed by atoms with Crippen LogP contribution in [0.25, 0.3) is 0 Å². The fraction of sp³-hybridized carbons (Fsp3) is 0.890. The first-order chi connectivity index (χ1) is 39.9. The first-order valence-corrected chi connectivity index (χ1v) is 33.0. The monoisotopic (exact) mass is 1310 g/mol. The molecule has 8 N–H and O–H groups in total. The predicted molar refractivity (Wildman–Crippen MR) is 364 cm³/mol. The topological polar surface area (TPSA) is 305 Å². The van der Waals surface area contributed by atoms with Crippen molar-refractivity contribution in [3.05, 3.63) is 0 Å². The lowest BCUT2D eigenvalue weighted by atomic mass is 9.60. The Morgan fingerprint density at radius 2 is 0.435 bits per heavy atom. The van der Waals surface area contributed by atoms with Crippen molar-refractivity contribution in [1.29, 1.82) is 0 Å². The first kappa shape index (κ1) is 87.8. The number of ether oxygens (including phenoxy) is 7. The van der Waals surface area contributed by atoms with Crippen LogP contribution in [0.1, 0.15) is 275 Å². The van der Waals surface area contributed by atoms with Gasteiger partial charge in [-0.25, -0.2) is 0 Å². The molecule has 538 valence electrons. The van der Waals surface area contributed by atoms with E-state index in [2.05, 4.69) is 0 Å². The minimum atomic E-state index is -1.89. The van der Waals surface area contributed by atoms with Crippen LogP contribution in [-0.4, -0.2) is 113 Å². The van der Waals surface area contributed by atoms with Crippen LogP contribution in [0.5, 0.6) is 0 Å². The third-order valence-electron chi connectivity index (χ3n) is 20.4. The van der Waals surface area contributed by atoms with Gasteiger partial charge in [-0.15, -0.1) is 0 Å². The van der Waals surface area contributed by atoms with Crippen molar-refractivity contribution < 1.29 is 71.5 Å². The van der Waals surface area contributed by atoms with E-state index in [1.54, 1.807) is 173 Å². The molecule has 0 aliphatic carbocycles. The molecule has 0 aromatic rings. The van der Waals surface area contributed by atoms with Crippen molar-refractivity contribution in [2.75, 3.05) is 26.4 Å². The molecule has 19 nitrogen and oxygen atoms in total. The highest BCUT2D eigenvalue weighted by Crippen LogP contribution is 2.51. The maximum atomic E-state index is 15.2.